The zero-order chi connectivity index (χ0) is 23.6. The topological polar surface area (TPSA) is 110 Å². The van der Waals surface area contributed by atoms with Crippen LogP contribution in [0, 0.1) is 5.82 Å². The lowest BCUT2D eigenvalue weighted by molar-refractivity contribution is -0.153. The van der Waals surface area contributed by atoms with Crippen molar-refractivity contribution in [2.75, 3.05) is 14.2 Å². The smallest absolute Gasteiger partial charge is 0.423 e. The van der Waals surface area contributed by atoms with E-state index in [0.717, 1.165) is 0 Å². The third-order valence-corrected chi connectivity index (χ3v) is 5.32. The third-order valence-electron chi connectivity index (χ3n) is 5.32. The number of carbonyl (C=O) groups is 1. The van der Waals surface area contributed by atoms with Crippen molar-refractivity contribution in [2.24, 2.45) is 0 Å². The normalized spacial score (nSPS) is 13.9. The number of aromatic nitrogens is 2. The van der Waals surface area contributed by atoms with Crippen LogP contribution in [0.2, 0.25) is 0 Å². The molecule has 0 radical (unpaired) electrons. The molecule has 3 atom stereocenters. The van der Waals surface area contributed by atoms with Crippen molar-refractivity contribution in [1.82, 2.24) is 9.55 Å². The number of rotatable bonds is 7. The van der Waals surface area contributed by atoms with Crippen LogP contribution >= 0.6 is 0 Å². The van der Waals surface area contributed by atoms with Gasteiger partial charge in [-0.2, -0.15) is 0 Å². The average Bonchev–Trinajstić information content (AvgIpc) is 2.77. The highest BCUT2D eigenvalue weighted by molar-refractivity contribution is 5.78. The molecule has 9 nitrogen and oxygen atoms in total. The maximum atomic E-state index is 13.5. The number of carbonyl (C=O) groups excluding carboxylic acids is 1. The fourth-order valence-corrected chi connectivity index (χ4v) is 3.31. The van der Waals surface area contributed by atoms with E-state index in [-0.39, 0.29) is 22.8 Å². The van der Waals surface area contributed by atoms with Crippen LogP contribution in [0.15, 0.2) is 44.5 Å². The molecular formula is C22H23FN2O7. The Balaban J connectivity index is 1.88. The van der Waals surface area contributed by atoms with Crippen molar-refractivity contribution in [2.45, 2.75) is 38.8 Å². The van der Waals surface area contributed by atoms with Crippen LogP contribution in [0.1, 0.15) is 38.3 Å². The molecule has 0 saturated heterocycles. The number of halogens is 1. The van der Waals surface area contributed by atoms with Crippen LogP contribution in [0.25, 0.3) is 11.1 Å². The van der Waals surface area contributed by atoms with E-state index in [2.05, 4.69) is 4.98 Å². The second kappa shape index (κ2) is 9.21. The monoisotopic (exact) mass is 446 g/mol. The molecule has 0 unspecified atom stereocenters. The summed E-state index contributed by atoms with van der Waals surface area (Å²) >= 11 is 0. The number of pyridine rings is 1. The number of benzene rings is 1. The minimum atomic E-state index is -1.28. The lowest BCUT2D eigenvalue weighted by Crippen LogP contribution is -2.40. The summed E-state index contributed by atoms with van der Waals surface area (Å²) in [4.78, 5) is 42.0. The molecule has 10 heteroatoms. The first-order valence-corrected chi connectivity index (χ1v) is 9.81. The van der Waals surface area contributed by atoms with E-state index in [4.69, 9.17) is 18.6 Å². The molecule has 170 valence electrons. The van der Waals surface area contributed by atoms with Gasteiger partial charge in [-0.1, -0.05) is 13.0 Å². The van der Waals surface area contributed by atoms with Crippen LogP contribution in [0.5, 0.6) is 11.5 Å². The van der Waals surface area contributed by atoms with Crippen LogP contribution < -0.4 is 20.8 Å². The molecule has 0 bridgehead atoms. The Hall–Kier alpha value is -3.69. The highest BCUT2D eigenvalue weighted by Gasteiger charge is 2.28. The van der Waals surface area contributed by atoms with Gasteiger partial charge in [0, 0.05) is 29.8 Å². The summed E-state index contributed by atoms with van der Waals surface area (Å²) in [6, 6.07) is 4.24. The summed E-state index contributed by atoms with van der Waals surface area (Å²) in [7, 11) is 2.77. The van der Waals surface area contributed by atoms with Gasteiger partial charge in [-0.15, -0.1) is 0 Å². The van der Waals surface area contributed by atoms with E-state index in [1.807, 2.05) is 0 Å². The van der Waals surface area contributed by atoms with Gasteiger partial charge in [0.1, 0.15) is 23.7 Å². The molecule has 1 aromatic carbocycles. The summed E-state index contributed by atoms with van der Waals surface area (Å²) in [5.74, 6) is -2.19. The Bertz CT molecular complexity index is 1270. The summed E-state index contributed by atoms with van der Waals surface area (Å²) in [5, 5.41) is 0. The Labute approximate surface area is 182 Å². The zero-order valence-corrected chi connectivity index (χ0v) is 18.2. The van der Waals surface area contributed by atoms with Crippen LogP contribution in [0.4, 0.5) is 4.39 Å². The summed E-state index contributed by atoms with van der Waals surface area (Å²) < 4.78 is 35.1. The molecule has 2 heterocycles. The average molecular weight is 446 g/mol. The lowest BCUT2D eigenvalue weighted by atomic mass is 9.95. The first-order chi connectivity index (χ1) is 15.2. The molecule has 32 heavy (non-hydrogen) atoms. The molecule has 0 fully saturated rings. The number of fused-ring (bicyclic) bond motifs is 1. The number of esters is 1. The largest absolute Gasteiger partial charge is 0.496 e. The molecule has 0 spiro atoms. The van der Waals surface area contributed by atoms with Crippen molar-refractivity contribution < 1.29 is 27.8 Å². The molecule has 0 N–H and O–H groups in total. The van der Waals surface area contributed by atoms with Crippen molar-refractivity contribution in [3.63, 3.8) is 0 Å². The predicted octanol–water partition coefficient (Wildman–Crippen LogP) is 2.80. The maximum absolute atomic E-state index is 13.5. The van der Waals surface area contributed by atoms with Gasteiger partial charge in [-0.05, 0) is 19.9 Å². The minimum absolute atomic E-state index is 0.104. The first kappa shape index (κ1) is 23.0. The summed E-state index contributed by atoms with van der Waals surface area (Å²) in [6.45, 7) is 4.78. The van der Waals surface area contributed by atoms with E-state index in [1.165, 1.54) is 45.5 Å². The van der Waals surface area contributed by atoms with Gasteiger partial charge in [0.2, 0.25) is 5.58 Å². The highest BCUT2D eigenvalue weighted by Crippen LogP contribution is 2.31. The van der Waals surface area contributed by atoms with Gasteiger partial charge >= 0.3 is 11.7 Å². The van der Waals surface area contributed by atoms with E-state index in [0.29, 0.717) is 15.9 Å². The number of hydrogen-bond acceptors (Lipinski definition) is 8. The van der Waals surface area contributed by atoms with Gasteiger partial charge in [-0.3, -0.25) is 4.79 Å². The van der Waals surface area contributed by atoms with Crippen LogP contribution in [-0.4, -0.2) is 35.8 Å². The molecule has 0 amide bonds. The van der Waals surface area contributed by atoms with Crippen molar-refractivity contribution in [3.05, 3.63) is 62.7 Å². The quantitative estimate of drug-likeness (QED) is 0.510. The highest BCUT2D eigenvalue weighted by atomic mass is 19.1. The first-order valence-electron chi connectivity index (χ1n) is 9.81. The lowest BCUT2D eigenvalue weighted by Gasteiger charge is -2.24. The number of methoxy groups -OCH3 is 2. The third kappa shape index (κ3) is 4.20. The molecule has 0 saturated carbocycles. The number of nitrogens with zero attached hydrogens (tertiary/aromatic N) is 2. The molecular weight excluding hydrogens is 423 g/mol. The maximum Gasteiger partial charge on any atom is 0.423 e. The van der Waals surface area contributed by atoms with Gasteiger partial charge in [-0.25, -0.2) is 23.5 Å². The fraction of sp³-hybridized carbons (Fsp3) is 0.364. The van der Waals surface area contributed by atoms with Gasteiger partial charge in [0.25, 0.3) is 5.56 Å². The van der Waals surface area contributed by atoms with Crippen LogP contribution in [0.3, 0.4) is 0 Å². The van der Waals surface area contributed by atoms with Crippen LogP contribution in [-0.2, 0) is 9.53 Å². The molecule has 0 aliphatic heterocycles. The standard InChI is InChI=1S/C22H23FN2O7/c1-11(15-7-6-14(23)10-17(15)30-5)13(3)31-21(27)12(2)25-20(26)18-19(32-22(25)28)16(29-4)8-9-24-18/h6-13H,1-5H3/t11-,12-,13+/m0/s1. The number of ether oxygens (including phenoxy) is 3. The SMILES string of the molecule is COc1cc(F)ccc1[C@@H](C)[C@@H](C)OC(=O)[C@H](C)n1c(=O)oc2c(OC)ccnc2c1=O. The predicted molar refractivity (Wildman–Crippen MR) is 113 cm³/mol. The Morgan fingerprint density at radius 1 is 1.09 bits per heavy atom. The number of hydrogen-bond donors (Lipinski definition) is 0. The van der Waals surface area contributed by atoms with Gasteiger partial charge in [0.15, 0.2) is 11.3 Å². The van der Waals surface area contributed by atoms with Gasteiger partial charge < -0.3 is 18.6 Å². The second-order valence-electron chi connectivity index (χ2n) is 7.23. The Kier molecular flexibility index (Phi) is 6.61. The minimum Gasteiger partial charge on any atom is -0.496 e. The van der Waals surface area contributed by atoms with Crippen molar-refractivity contribution in [1.29, 1.82) is 0 Å². The van der Waals surface area contributed by atoms with Gasteiger partial charge in [0.05, 0.1) is 14.2 Å². The molecule has 3 aromatic rings. The van der Waals surface area contributed by atoms with Crippen molar-refractivity contribution >= 4 is 17.1 Å². The molecule has 0 aliphatic rings. The van der Waals surface area contributed by atoms with Crippen molar-refractivity contribution in [3.8, 4) is 11.5 Å². The fourth-order valence-electron chi connectivity index (χ4n) is 3.31. The van der Waals surface area contributed by atoms with E-state index < -0.39 is 35.2 Å². The Morgan fingerprint density at radius 3 is 2.44 bits per heavy atom. The molecule has 2 aromatic heterocycles. The molecule has 3 rings (SSSR count). The molecule has 0 aliphatic carbocycles. The van der Waals surface area contributed by atoms with E-state index in [9.17, 15) is 18.8 Å². The Morgan fingerprint density at radius 2 is 1.78 bits per heavy atom. The van der Waals surface area contributed by atoms with E-state index in [1.54, 1.807) is 19.9 Å². The van der Waals surface area contributed by atoms with E-state index >= 15 is 0 Å². The summed E-state index contributed by atoms with van der Waals surface area (Å²) in [5.41, 5.74) is -0.422. The summed E-state index contributed by atoms with van der Waals surface area (Å²) in [6.07, 6.45) is 0.654. The zero-order valence-electron chi connectivity index (χ0n) is 18.2. The second-order valence-corrected chi connectivity index (χ2v) is 7.23.